The number of carbonyl (C=O) groups excluding carboxylic acids is 1. The number of halogens is 1. The Balaban J connectivity index is 2.98. The molecule has 0 bridgehead atoms. The molecule has 0 saturated heterocycles. The minimum Gasteiger partial charge on any atom is -0.456 e. The number of nitrogens with one attached hydrogen (secondary N) is 1. The molecule has 1 aromatic rings. The number of pyridine rings is 1. The van der Waals surface area contributed by atoms with Crippen LogP contribution < -0.4 is 11.3 Å². The van der Waals surface area contributed by atoms with E-state index < -0.39 is 11.6 Å². The van der Waals surface area contributed by atoms with Crippen LogP contribution in [0.2, 0.25) is 0 Å². The molecule has 0 amide bonds. The number of nitrogens with two attached hydrogens (primary N) is 1. The quantitative estimate of drug-likeness (QED) is 0.495. The van der Waals surface area contributed by atoms with Gasteiger partial charge in [-0.3, -0.25) is 0 Å². The van der Waals surface area contributed by atoms with Gasteiger partial charge in [-0.05, 0) is 42.8 Å². The van der Waals surface area contributed by atoms with Gasteiger partial charge in [0, 0.05) is 6.20 Å². The van der Waals surface area contributed by atoms with Crippen LogP contribution in [0.3, 0.4) is 0 Å². The number of nitrogens with zero attached hydrogens (tertiary/aromatic N) is 1. The summed E-state index contributed by atoms with van der Waals surface area (Å²) in [4.78, 5) is 15.7. The third-order valence-electron chi connectivity index (χ3n) is 1.62. The van der Waals surface area contributed by atoms with E-state index in [2.05, 4.69) is 26.3 Å². The summed E-state index contributed by atoms with van der Waals surface area (Å²) < 4.78 is 5.81. The van der Waals surface area contributed by atoms with E-state index in [0.717, 1.165) is 0 Å². The van der Waals surface area contributed by atoms with Crippen LogP contribution in [0.25, 0.3) is 0 Å². The monoisotopic (exact) mass is 287 g/mol. The lowest BCUT2D eigenvalue weighted by atomic mass is 10.2. The molecule has 5 nitrogen and oxygen atoms in total. The highest BCUT2D eigenvalue weighted by atomic mass is 79.9. The summed E-state index contributed by atoms with van der Waals surface area (Å²) in [6.07, 6.45) is 1.49. The number of anilines is 1. The minimum absolute atomic E-state index is 0.387. The zero-order valence-corrected chi connectivity index (χ0v) is 11.0. The number of hydrazine groups is 1. The van der Waals surface area contributed by atoms with E-state index in [1.165, 1.54) is 12.3 Å². The number of ether oxygens (including phenoxy) is 1. The normalized spacial score (nSPS) is 11.1. The van der Waals surface area contributed by atoms with Crippen LogP contribution in [0.5, 0.6) is 0 Å². The minimum atomic E-state index is -0.532. The van der Waals surface area contributed by atoms with Crippen molar-refractivity contribution in [3.8, 4) is 0 Å². The fourth-order valence-electron chi connectivity index (χ4n) is 1.01. The summed E-state index contributed by atoms with van der Waals surface area (Å²) in [7, 11) is 0. The van der Waals surface area contributed by atoms with Crippen molar-refractivity contribution in [1.29, 1.82) is 0 Å². The van der Waals surface area contributed by atoms with Gasteiger partial charge < -0.3 is 10.2 Å². The summed E-state index contributed by atoms with van der Waals surface area (Å²) in [6.45, 7) is 5.42. The maximum absolute atomic E-state index is 11.8. The molecule has 3 N–H and O–H groups in total. The summed E-state index contributed by atoms with van der Waals surface area (Å²) in [6, 6.07) is 1.53. The van der Waals surface area contributed by atoms with Crippen LogP contribution in [0.4, 0.5) is 5.82 Å². The lowest BCUT2D eigenvalue weighted by molar-refractivity contribution is 0.00684. The Morgan fingerprint density at radius 3 is 2.69 bits per heavy atom. The molecular formula is C10H14BrN3O2. The lowest BCUT2D eigenvalue weighted by Crippen LogP contribution is -2.24. The second-order valence-electron chi connectivity index (χ2n) is 4.20. The molecular weight excluding hydrogens is 274 g/mol. The largest absolute Gasteiger partial charge is 0.456 e. The van der Waals surface area contributed by atoms with Crippen LogP contribution in [0, 0.1) is 0 Å². The smallest absolute Gasteiger partial charge is 0.339 e. The highest BCUT2D eigenvalue weighted by Crippen LogP contribution is 2.21. The fourth-order valence-corrected chi connectivity index (χ4v) is 1.39. The molecule has 1 heterocycles. The van der Waals surface area contributed by atoms with Crippen molar-refractivity contribution < 1.29 is 9.53 Å². The molecule has 0 radical (unpaired) electrons. The standard InChI is InChI=1S/C10H14BrN3O2/c1-10(2,3)16-9(15)6-4-8(14-12)13-5-7(6)11/h4-5H,12H2,1-3H3,(H,13,14). The maximum atomic E-state index is 11.8. The average Bonchev–Trinajstić information content (AvgIpc) is 2.15. The Bertz CT molecular complexity index is 402. The number of aromatic nitrogens is 1. The number of hydrogen-bond donors (Lipinski definition) is 2. The second-order valence-corrected chi connectivity index (χ2v) is 5.05. The van der Waals surface area contributed by atoms with Crippen molar-refractivity contribution in [3.63, 3.8) is 0 Å². The SMILES string of the molecule is CC(C)(C)OC(=O)c1cc(NN)ncc1Br. The van der Waals surface area contributed by atoms with Gasteiger partial charge in [0.05, 0.1) is 10.0 Å². The van der Waals surface area contributed by atoms with Crippen LogP contribution in [-0.4, -0.2) is 16.6 Å². The van der Waals surface area contributed by atoms with Crippen molar-refractivity contribution in [2.75, 3.05) is 5.43 Å². The first kappa shape index (κ1) is 12.9. The van der Waals surface area contributed by atoms with Gasteiger partial charge in [-0.1, -0.05) is 0 Å². The molecule has 1 aromatic heterocycles. The van der Waals surface area contributed by atoms with Crippen molar-refractivity contribution in [1.82, 2.24) is 4.98 Å². The molecule has 0 fully saturated rings. The van der Waals surface area contributed by atoms with Crippen LogP contribution in [0.15, 0.2) is 16.7 Å². The van der Waals surface area contributed by atoms with E-state index in [4.69, 9.17) is 10.6 Å². The average molecular weight is 288 g/mol. The molecule has 16 heavy (non-hydrogen) atoms. The Hall–Kier alpha value is -1.14. The number of carbonyl (C=O) groups is 1. The molecule has 0 atom stereocenters. The summed E-state index contributed by atoms with van der Waals surface area (Å²) in [5.41, 5.74) is 2.23. The summed E-state index contributed by atoms with van der Waals surface area (Å²) in [5.74, 6) is 5.20. The number of esters is 1. The Morgan fingerprint density at radius 1 is 1.56 bits per heavy atom. The van der Waals surface area contributed by atoms with Crippen LogP contribution >= 0.6 is 15.9 Å². The van der Waals surface area contributed by atoms with Crippen molar-refractivity contribution >= 4 is 27.7 Å². The Labute approximate surface area is 102 Å². The molecule has 88 valence electrons. The second kappa shape index (κ2) is 4.80. The fraction of sp³-hybridized carbons (Fsp3) is 0.400. The van der Waals surface area contributed by atoms with E-state index >= 15 is 0 Å². The first-order valence-corrected chi connectivity index (χ1v) is 5.48. The van der Waals surface area contributed by atoms with E-state index in [0.29, 0.717) is 15.9 Å². The number of rotatable bonds is 2. The van der Waals surface area contributed by atoms with Gasteiger partial charge in [0.1, 0.15) is 11.4 Å². The molecule has 0 spiro atoms. The zero-order valence-electron chi connectivity index (χ0n) is 9.37. The van der Waals surface area contributed by atoms with Crippen molar-refractivity contribution in [2.45, 2.75) is 26.4 Å². The van der Waals surface area contributed by atoms with Gasteiger partial charge in [-0.15, -0.1) is 0 Å². The van der Waals surface area contributed by atoms with Gasteiger partial charge in [-0.25, -0.2) is 15.6 Å². The van der Waals surface area contributed by atoms with Crippen molar-refractivity contribution in [3.05, 3.63) is 22.3 Å². The highest BCUT2D eigenvalue weighted by Gasteiger charge is 2.20. The third kappa shape index (κ3) is 3.46. The lowest BCUT2D eigenvalue weighted by Gasteiger charge is -2.20. The Kier molecular flexibility index (Phi) is 3.88. The van der Waals surface area contributed by atoms with Crippen LogP contribution in [0.1, 0.15) is 31.1 Å². The molecule has 0 aliphatic rings. The molecule has 0 unspecified atom stereocenters. The Morgan fingerprint density at radius 2 is 2.19 bits per heavy atom. The summed E-state index contributed by atoms with van der Waals surface area (Å²) in [5, 5.41) is 0. The predicted octanol–water partition coefficient (Wildman–Crippen LogP) is 2.08. The predicted molar refractivity (Wildman–Crippen MR) is 64.9 cm³/mol. The van der Waals surface area contributed by atoms with Gasteiger partial charge >= 0.3 is 5.97 Å². The molecule has 0 saturated carbocycles. The van der Waals surface area contributed by atoms with Gasteiger partial charge in [0.25, 0.3) is 0 Å². The molecule has 0 aromatic carbocycles. The van der Waals surface area contributed by atoms with E-state index in [9.17, 15) is 4.79 Å². The van der Waals surface area contributed by atoms with Gasteiger partial charge in [0.15, 0.2) is 0 Å². The highest BCUT2D eigenvalue weighted by molar-refractivity contribution is 9.10. The van der Waals surface area contributed by atoms with Gasteiger partial charge in [-0.2, -0.15) is 0 Å². The molecule has 1 rings (SSSR count). The summed E-state index contributed by atoms with van der Waals surface area (Å²) >= 11 is 3.24. The first-order valence-electron chi connectivity index (χ1n) is 4.69. The number of hydrogen-bond acceptors (Lipinski definition) is 5. The number of nitrogen functional groups attached to an aromatic ring is 1. The van der Waals surface area contributed by atoms with Gasteiger partial charge in [0.2, 0.25) is 0 Å². The molecule has 0 aliphatic heterocycles. The maximum Gasteiger partial charge on any atom is 0.339 e. The van der Waals surface area contributed by atoms with Crippen molar-refractivity contribution in [2.24, 2.45) is 5.84 Å². The van der Waals surface area contributed by atoms with Crippen LogP contribution in [-0.2, 0) is 4.74 Å². The van der Waals surface area contributed by atoms with E-state index in [1.54, 1.807) is 0 Å². The zero-order chi connectivity index (χ0) is 12.3. The molecule has 0 aliphatic carbocycles. The topological polar surface area (TPSA) is 77.2 Å². The third-order valence-corrected chi connectivity index (χ3v) is 2.25. The molecule has 6 heteroatoms. The first-order chi connectivity index (χ1) is 7.33. The van der Waals surface area contributed by atoms with E-state index in [1.807, 2.05) is 20.8 Å². The van der Waals surface area contributed by atoms with E-state index in [-0.39, 0.29) is 0 Å².